The van der Waals surface area contributed by atoms with Gasteiger partial charge in [0, 0.05) is 31.6 Å². The van der Waals surface area contributed by atoms with Crippen LogP contribution in [-0.4, -0.2) is 60.9 Å². The molecule has 0 bridgehead atoms. The molecule has 0 saturated carbocycles. The van der Waals surface area contributed by atoms with Crippen LogP contribution in [0.5, 0.6) is 0 Å². The number of amides is 2. The molecule has 0 atom stereocenters. The number of halogens is 1. The van der Waals surface area contributed by atoms with Gasteiger partial charge in [0.05, 0.1) is 19.1 Å². The van der Waals surface area contributed by atoms with Gasteiger partial charge in [0.1, 0.15) is 0 Å². The van der Waals surface area contributed by atoms with Crippen molar-refractivity contribution in [3.8, 4) is 0 Å². The highest BCUT2D eigenvalue weighted by Gasteiger charge is 2.28. The van der Waals surface area contributed by atoms with Crippen LogP contribution in [0.15, 0.2) is 24.3 Å². The molecule has 2 rings (SSSR count). The minimum atomic E-state index is -0.184. The molecule has 0 unspecified atom stereocenters. The van der Waals surface area contributed by atoms with Gasteiger partial charge in [0.15, 0.2) is 0 Å². The first-order valence-corrected chi connectivity index (χ1v) is 9.72. The average molecular weight is 395 g/mol. The van der Waals surface area contributed by atoms with Crippen molar-refractivity contribution in [2.45, 2.75) is 32.6 Å². The molecule has 1 saturated heterocycles. The Labute approximate surface area is 165 Å². The monoisotopic (exact) mass is 394 g/mol. The number of aryl methyl sites for hydroxylation is 1. The van der Waals surface area contributed by atoms with Gasteiger partial charge in [-0.1, -0.05) is 29.8 Å². The quantitative estimate of drug-likeness (QED) is 0.666. The molecule has 2 amide bonds. The highest BCUT2D eigenvalue weighted by molar-refractivity contribution is 6.31. The molecule has 148 valence electrons. The van der Waals surface area contributed by atoms with Crippen molar-refractivity contribution in [1.29, 1.82) is 0 Å². The Morgan fingerprint density at radius 1 is 1.22 bits per heavy atom. The number of ether oxygens (including phenoxy) is 1. The lowest BCUT2D eigenvalue weighted by atomic mass is 9.97. The molecule has 0 spiro atoms. The van der Waals surface area contributed by atoms with Crippen LogP contribution < -0.4 is 0 Å². The van der Waals surface area contributed by atoms with Gasteiger partial charge < -0.3 is 14.5 Å². The maximum absolute atomic E-state index is 12.4. The van der Waals surface area contributed by atoms with E-state index in [1.54, 1.807) is 24.9 Å². The zero-order valence-electron chi connectivity index (χ0n) is 15.9. The second-order valence-electron chi connectivity index (χ2n) is 6.75. The van der Waals surface area contributed by atoms with Gasteiger partial charge in [-0.2, -0.15) is 0 Å². The van der Waals surface area contributed by atoms with Crippen LogP contribution in [0, 0.1) is 5.92 Å². The van der Waals surface area contributed by atoms with Crippen molar-refractivity contribution in [1.82, 2.24) is 9.80 Å². The van der Waals surface area contributed by atoms with Gasteiger partial charge in [-0.3, -0.25) is 14.4 Å². The zero-order chi connectivity index (χ0) is 19.8. The van der Waals surface area contributed by atoms with E-state index in [9.17, 15) is 14.4 Å². The first-order valence-electron chi connectivity index (χ1n) is 9.34. The van der Waals surface area contributed by atoms with Crippen LogP contribution in [0.25, 0.3) is 0 Å². The maximum atomic E-state index is 12.4. The van der Waals surface area contributed by atoms with Gasteiger partial charge >= 0.3 is 5.97 Å². The molecule has 6 nitrogen and oxygen atoms in total. The molecule has 0 radical (unpaired) electrons. The number of benzene rings is 1. The molecule has 0 aliphatic carbocycles. The van der Waals surface area contributed by atoms with Crippen molar-refractivity contribution in [2.24, 2.45) is 5.92 Å². The number of likely N-dealkylation sites (tertiary alicyclic amines) is 1. The van der Waals surface area contributed by atoms with Crippen LogP contribution in [-0.2, 0) is 25.5 Å². The highest BCUT2D eigenvalue weighted by atomic mass is 35.5. The molecule has 1 heterocycles. The Morgan fingerprint density at radius 3 is 2.52 bits per heavy atom. The van der Waals surface area contributed by atoms with Crippen molar-refractivity contribution in [2.75, 3.05) is 33.3 Å². The Bertz CT molecular complexity index is 672. The molecule has 27 heavy (non-hydrogen) atoms. The van der Waals surface area contributed by atoms with Crippen LogP contribution in [0.1, 0.15) is 31.7 Å². The second kappa shape index (κ2) is 10.3. The largest absolute Gasteiger partial charge is 0.466 e. The standard InChI is InChI=1S/C20H27ClN2O4/c1-3-27-20(26)16-10-12-23(13-11-16)19(25)14-22(2)18(24)9-8-15-6-4-5-7-17(15)21/h4-7,16H,3,8-14H2,1-2H3. The SMILES string of the molecule is CCOC(=O)C1CCN(C(=O)CN(C)C(=O)CCc2ccccc2Cl)CC1. The predicted octanol–water partition coefficient (Wildman–Crippen LogP) is 2.53. The van der Waals surface area contributed by atoms with Crippen molar-refractivity contribution >= 4 is 29.4 Å². The normalized spacial score (nSPS) is 14.7. The van der Waals surface area contributed by atoms with E-state index in [2.05, 4.69) is 0 Å². The summed E-state index contributed by atoms with van der Waals surface area (Å²) >= 11 is 6.11. The van der Waals surface area contributed by atoms with Crippen LogP contribution in [0.3, 0.4) is 0 Å². The minimum absolute atomic E-state index is 0.0471. The summed E-state index contributed by atoms with van der Waals surface area (Å²) in [6, 6.07) is 7.44. The third-order valence-electron chi connectivity index (χ3n) is 4.83. The third-order valence-corrected chi connectivity index (χ3v) is 5.20. The zero-order valence-corrected chi connectivity index (χ0v) is 16.7. The lowest BCUT2D eigenvalue weighted by Crippen LogP contribution is -2.45. The fourth-order valence-corrected chi connectivity index (χ4v) is 3.38. The molecule has 1 aromatic carbocycles. The highest BCUT2D eigenvalue weighted by Crippen LogP contribution is 2.19. The van der Waals surface area contributed by atoms with E-state index in [4.69, 9.17) is 16.3 Å². The fraction of sp³-hybridized carbons (Fsp3) is 0.550. The Hall–Kier alpha value is -2.08. The first-order chi connectivity index (χ1) is 12.9. The summed E-state index contributed by atoms with van der Waals surface area (Å²) in [4.78, 5) is 39.7. The summed E-state index contributed by atoms with van der Waals surface area (Å²) in [5.74, 6) is -0.504. The van der Waals surface area contributed by atoms with E-state index in [-0.39, 0.29) is 30.2 Å². The molecule has 1 aromatic rings. The molecule has 7 heteroatoms. The van der Waals surface area contributed by atoms with Gasteiger partial charge in [-0.15, -0.1) is 0 Å². The number of carbonyl (C=O) groups excluding carboxylic acids is 3. The maximum Gasteiger partial charge on any atom is 0.309 e. The Kier molecular flexibility index (Phi) is 8.10. The summed E-state index contributed by atoms with van der Waals surface area (Å²) < 4.78 is 5.04. The molecule has 1 aliphatic rings. The number of nitrogens with zero attached hydrogens (tertiary/aromatic N) is 2. The number of esters is 1. The summed E-state index contributed by atoms with van der Waals surface area (Å²) in [6.45, 7) is 3.24. The summed E-state index contributed by atoms with van der Waals surface area (Å²) in [5.41, 5.74) is 0.924. The summed E-state index contributed by atoms with van der Waals surface area (Å²) in [7, 11) is 1.64. The summed E-state index contributed by atoms with van der Waals surface area (Å²) in [5, 5.41) is 0.647. The predicted molar refractivity (Wildman–Crippen MR) is 103 cm³/mol. The van der Waals surface area contributed by atoms with Crippen LogP contribution >= 0.6 is 11.6 Å². The molecular formula is C20H27ClN2O4. The van der Waals surface area contributed by atoms with Gasteiger partial charge in [-0.05, 0) is 37.8 Å². The number of carbonyl (C=O) groups is 3. The van der Waals surface area contributed by atoms with E-state index in [0.29, 0.717) is 50.4 Å². The van der Waals surface area contributed by atoms with Crippen LogP contribution in [0.2, 0.25) is 5.02 Å². The molecule has 0 N–H and O–H groups in total. The Morgan fingerprint density at radius 2 is 1.89 bits per heavy atom. The van der Waals surface area contributed by atoms with E-state index in [1.165, 1.54) is 4.90 Å². The molecular weight excluding hydrogens is 368 g/mol. The summed E-state index contributed by atoms with van der Waals surface area (Å²) in [6.07, 6.45) is 2.06. The topological polar surface area (TPSA) is 66.9 Å². The van der Waals surface area contributed by atoms with Crippen molar-refractivity contribution in [3.63, 3.8) is 0 Å². The number of rotatable bonds is 7. The van der Waals surface area contributed by atoms with E-state index in [0.717, 1.165) is 5.56 Å². The number of hydrogen-bond donors (Lipinski definition) is 0. The Balaban J connectivity index is 1.76. The second-order valence-corrected chi connectivity index (χ2v) is 7.16. The third kappa shape index (κ3) is 6.24. The number of hydrogen-bond acceptors (Lipinski definition) is 4. The number of likely N-dealkylation sites (N-methyl/N-ethyl adjacent to an activating group) is 1. The fourth-order valence-electron chi connectivity index (χ4n) is 3.15. The molecule has 1 aliphatic heterocycles. The first kappa shape index (κ1) is 21.2. The van der Waals surface area contributed by atoms with Gasteiger partial charge in [-0.25, -0.2) is 0 Å². The van der Waals surface area contributed by atoms with E-state index < -0.39 is 0 Å². The van der Waals surface area contributed by atoms with Gasteiger partial charge in [0.25, 0.3) is 0 Å². The molecule has 1 fully saturated rings. The van der Waals surface area contributed by atoms with Gasteiger partial charge in [0.2, 0.25) is 11.8 Å². The van der Waals surface area contributed by atoms with E-state index in [1.807, 2.05) is 18.2 Å². The number of piperidine rings is 1. The van der Waals surface area contributed by atoms with E-state index >= 15 is 0 Å². The van der Waals surface area contributed by atoms with Crippen molar-refractivity contribution < 1.29 is 19.1 Å². The smallest absolute Gasteiger partial charge is 0.309 e. The average Bonchev–Trinajstić information content (AvgIpc) is 2.67. The lowest BCUT2D eigenvalue weighted by molar-refractivity contribution is -0.151. The van der Waals surface area contributed by atoms with Crippen LogP contribution in [0.4, 0.5) is 0 Å². The lowest BCUT2D eigenvalue weighted by Gasteiger charge is -2.32. The molecule has 0 aromatic heterocycles. The van der Waals surface area contributed by atoms with Crippen molar-refractivity contribution in [3.05, 3.63) is 34.9 Å². The minimum Gasteiger partial charge on any atom is -0.466 e.